The Morgan fingerprint density at radius 1 is 1.27 bits per heavy atom. The minimum atomic E-state index is -0.640. The number of likely N-dealkylation sites (N-methyl/N-ethyl adjacent to an activating group) is 1. The van der Waals surface area contributed by atoms with Crippen molar-refractivity contribution >= 4 is 23.8 Å². The summed E-state index contributed by atoms with van der Waals surface area (Å²) in [6.45, 7) is 4.49. The zero-order chi connectivity index (χ0) is 27.1. The lowest BCUT2D eigenvalue weighted by Gasteiger charge is -2.38. The largest absolute Gasteiger partial charge is 0.508 e. The average molecular weight is 513 g/mol. The first-order valence-electron chi connectivity index (χ1n) is 12.9. The molecule has 1 saturated heterocycles. The normalized spacial score (nSPS) is 24.4. The van der Waals surface area contributed by atoms with Crippen LogP contribution in [0.2, 0.25) is 0 Å². The van der Waals surface area contributed by atoms with Crippen LogP contribution < -0.4 is 16.0 Å². The number of rotatable bonds is 10. The summed E-state index contributed by atoms with van der Waals surface area (Å²) in [5.41, 5.74) is 1.98. The minimum absolute atomic E-state index is 0.0795. The SMILES string of the molecule is CNc1ccc(C2C=CC(O)=CC2OC)cc1C(=O)N1CCC(NC(=O)C(CC(C)C)NC)CC1C=O. The number of carbonyl (C=O) groups excluding carboxylic acids is 3. The van der Waals surface area contributed by atoms with Gasteiger partial charge >= 0.3 is 0 Å². The maximum atomic E-state index is 13.7. The first-order chi connectivity index (χ1) is 17.7. The van der Waals surface area contributed by atoms with Crippen molar-refractivity contribution in [3.05, 3.63) is 53.3 Å². The fourth-order valence-electron chi connectivity index (χ4n) is 5.11. The van der Waals surface area contributed by atoms with Gasteiger partial charge < -0.3 is 35.5 Å². The van der Waals surface area contributed by atoms with E-state index in [1.54, 1.807) is 38.3 Å². The van der Waals surface area contributed by atoms with Crippen molar-refractivity contribution < 1.29 is 24.2 Å². The molecule has 5 unspecified atom stereocenters. The van der Waals surface area contributed by atoms with E-state index in [1.807, 2.05) is 24.3 Å². The molecule has 4 N–H and O–H groups in total. The molecule has 3 rings (SSSR count). The van der Waals surface area contributed by atoms with Gasteiger partial charge in [0.1, 0.15) is 12.0 Å². The van der Waals surface area contributed by atoms with Crippen LogP contribution >= 0.6 is 0 Å². The molecular weight excluding hydrogens is 472 g/mol. The third-order valence-electron chi connectivity index (χ3n) is 7.14. The summed E-state index contributed by atoms with van der Waals surface area (Å²) < 4.78 is 5.54. The monoisotopic (exact) mass is 512 g/mol. The van der Waals surface area contributed by atoms with E-state index in [9.17, 15) is 19.5 Å². The van der Waals surface area contributed by atoms with E-state index in [1.165, 1.54) is 0 Å². The first-order valence-corrected chi connectivity index (χ1v) is 12.9. The molecule has 0 spiro atoms. The number of anilines is 1. The molecule has 1 aliphatic heterocycles. The summed E-state index contributed by atoms with van der Waals surface area (Å²) in [6.07, 6.45) is 7.19. The molecule has 0 aromatic heterocycles. The molecular formula is C28H40N4O5. The number of hydrogen-bond donors (Lipinski definition) is 4. The lowest BCUT2D eigenvalue weighted by Crippen LogP contribution is -2.55. The highest BCUT2D eigenvalue weighted by molar-refractivity contribution is 6.01. The molecule has 9 nitrogen and oxygen atoms in total. The van der Waals surface area contributed by atoms with Crippen molar-refractivity contribution in [1.29, 1.82) is 0 Å². The number of nitrogens with one attached hydrogen (secondary N) is 3. The van der Waals surface area contributed by atoms with Gasteiger partial charge in [-0.3, -0.25) is 9.59 Å². The Balaban J connectivity index is 1.77. The minimum Gasteiger partial charge on any atom is -0.508 e. The highest BCUT2D eigenvalue weighted by Gasteiger charge is 2.35. The van der Waals surface area contributed by atoms with Crippen molar-refractivity contribution in [3.63, 3.8) is 0 Å². The average Bonchev–Trinajstić information content (AvgIpc) is 2.90. The van der Waals surface area contributed by atoms with Gasteiger partial charge in [0.15, 0.2) is 0 Å². The zero-order valence-corrected chi connectivity index (χ0v) is 22.4. The molecule has 2 amide bonds. The van der Waals surface area contributed by atoms with Gasteiger partial charge in [0, 0.05) is 38.3 Å². The predicted octanol–water partition coefficient (Wildman–Crippen LogP) is 2.76. The standard InChI is InChI=1S/C28H40N4O5/c1-17(2)12-25(30-4)27(35)31-19-10-11-32(20(14-19)16-33)28(36)23-13-18(6-9-24(23)29-3)22-8-7-21(34)15-26(22)37-5/h6-9,13,15-17,19-20,22,25-26,29-30,34H,10-12,14H2,1-5H3,(H,31,35). The number of benzene rings is 1. The lowest BCUT2D eigenvalue weighted by atomic mass is 9.87. The van der Waals surface area contributed by atoms with Crippen molar-refractivity contribution in [3.8, 4) is 0 Å². The number of amides is 2. The number of aliphatic hydroxyl groups is 1. The van der Waals surface area contributed by atoms with Gasteiger partial charge in [0.05, 0.1) is 23.8 Å². The van der Waals surface area contributed by atoms with Crippen LogP contribution in [0.15, 0.2) is 42.2 Å². The Morgan fingerprint density at radius 3 is 2.65 bits per heavy atom. The summed E-state index contributed by atoms with van der Waals surface area (Å²) in [7, 11) is 5.10. The molecule has 0 bridgehead atoms. The Morgan fingerprint density at radius 2 is 2.03 bits per heavy atom. The second-order valence-electron chi connectivity index (χ2n) is 10.1. The molecule has 202 valence electrons. The van der Waals surface area contributed by atoms with Crippen molar-refractivity contribution in [1.82, 2.24) is 15.5 Å². The summed E-state index contributed by atoms with van der Waals surface area (Å²) in [4.78, 5) is 40.1. The molecule has 9 heteroatoms. The zero-order valence-electron chi connectivity index (χ0n) is 22.4. The number of hydrogen-bond acceptors (Lipinski definition) is 7. The third kappa shape index (κ3) is 6.78. The van der Waals surface area contributed by atoms with E-state index < -0.39 is 6.04 Å². The van der Waals surface area contributed by atoms with Gasteiger partial charge in [0.2, 0.25) is 5.91 Å². The van der Waals surface area contributed by atoms with Gasteiger partial charge in [-0.2, -0.15) is 0 Å². The van der Waals surface area contributed by atoms with Crippen LogP contribution in [0.5, 0.6) is 0 Å². The van der Waals surface area contributed by atoms with Crippen molar-refractivity contribution in [2.75, 3.05) is 33.1 Å². The summed E-state index contributed by atoms with van der Waals surface area (Å²) in [6, 6.07) is 4.48. The van der Waals surface area contributed by atoms with Crippen LogP contribution in [0.25, 0.3) is 0 Å². The molecule has 2 aliphatic rings. The van der Waals surface area contributed by atoms with Gasteiger partial charge in [-0.25, -0.2) is 0 Å². The van der Waals surface area contributed by atoms with Gasteiger partial charge in [-0.15, -0.1) is 0 Å². The first kappa shape index (κ1) is 28.4. The molecule has 1 heterocycles. The highest BCUT2D eigenvalue weighted by Crippen LogP contribution is 2.32. The highest BCUT2D eigenvalue weighted by atomic mass is 16.5. The number of aliphatic hydroxyl groups excluding tert-OH is 1. The number of methoxy groups -OCH3 is 1. The number of allylic oxidation sites excluding steroid dienone is 1. The van der Waals surface area contributed by atoms with E-state index in [0.29, 0.717) is 36.6 Å². The summed E-state index contributed by atoms with van der Waals surface area (Å²) in [5, 5.41) is 19.1. The molecule has 5 atom stereocenters. The lowest BCUT2D eigenvalue weighted by molar-refractivity contribution is -0.125. The molecule has 0 saturated carbocycles. The number of aldehydes is 1. The van der Waals surface area contributed by atoms with Crippen LogP contribution in [0.4, 0.5) is 5.69 Å². The number of nitrogens with zero attached hydrogens (tertiary/aromatic N) is 1. The second-order valence-corrected chi connectivity index (χ2v) is 10.1. The molecule has 37 heavy (non-hydrogen) atoms. The summed E-state index contributed by atoms with van der Waals surface area (Å²) in [5.74, 6) is 0.0113. The Kier molecular flexibility index (Phi) is 9.88. The van der Waals surface area contributed by atoms with Crippen LogP contribution in [0, 0.1) is 5.92 Å². The van der Waals surface area contributed by atoms with Crippen LogP contribution in [-0.2, 0) is 14.3 Å². The Labute approximate surface area is 219 Å². The number of piperidine rings is 1. The predicted molar refractivity (Wildman–Crippen MR) is 144 cm³/mol. The van der Waals surface area contributed by atoms with E-state index >= 15 is 0 Å². The molecule has 1 aromatic carbocycles. The number of likely N-dealkylation sites (tertiary alicyclic amines) is 1. The van der Waals surface area contributed by atoms with Crippen molar-refractivity contribution in [2.24, 2.45) is 5.92 Å². The van der Waals surface area contributed by atoms with Crippen LogP contribution in [0.1, 0.15) is 54.9 Å². The smallest absolute Gasteiger partial charge is 0.256 e. The second kappa shape index (κ2) is 12.9. The molecule has 0 radical (unpaired) electrons. The molecule has 1 fully saturated rings. The Bertz CT molecular complexity index is 1040. The quantitative estimate of drug-likeness (QED) is 0.356. The topological polar surface area (TPSA) is 120 Å². The Hall–Kier alpha value is -3.17. The third-order valence-corrected chi connectivity index (χ3v) is 7.14. The van der Waals surface area contributed by atoms with E-state index in [-0.39, 0.29) is 41.7 Å². The van der Waals surface area contributed by atoms with E-state index in [0.717, 1.165) is 18.3 Å². The fourth-order valence-corrected chi connectivity index (χ4v) is 5.11. The van der Waals surface area contributed by atoms with Crippen LogP contribution in [0.3, 0.4) is 0 Å². The fraction of sp³-hybridized carbons (Fsp3) is 0.536. The molecule has 1 aromatic rings. The summed E-state index contributed by atoms with van der Waals surface area (Å²) >= 11 is 0. The van der Waals surface area contributed by atoms with E-state index in [2.05, 4.69) is 29.8 Å². The van der Waals surface area contributed by atoms with Crippen LogP contribution in [-0.4, -0.2) is 80.1 Å². The van der Waals surface area contributed by atoms with Crippen molar-refractivity contribution in [2.45, 2.75) is 63.3 Å². The number of ether oxygens (including phenoxy) is 1. The molecule has 1 aliphatic carbocycles. The number of carbonyl (C=O) groups is 3. The van der Waals surface area contributed by atoms with Gasteiger partial charge in [-0.05, 0) is 62.1 Å². The maximum Gasteiger partial charge on any atom is 0.256 e. The van der Waals surface area contributed by atoms with Gasteiger partial charge in [-0.1, -0.05) is 26.0 Å². The maximum absolute atomic E-state index is 13.7. The van der Waals surface area contributed by atoms with Gasteiger partial charge in [0.25, 0.3) is 5.91 Å². The van der Waals surface area contributed by atoms with E-state index in [4.69, 9.17) is 4.74 Å².